The van der Waals surface area contributed by atoms with Gasteiger partial charge in [-0.25, -0.2) is 4.39 Å². The molecule has 1 rings (SSSR count). The van der Waals surface area contributed by atoms with Gasteiger partial charge >= 0.3 is 0 Å². The molecule has 0 bridgehead atoms. The van der Waals surface area contributed by atoms with Crippen molar-refractivity contribution in [1.82, 2.24) is 5.32 Å². The Bertz CT molecular complexity index is 117. The number of hydrogen-bond acceptors (Lipinski definition) is 2. The van der Waals surface area contributed by atoms with Crippen molar-refractivity contribution in [3.8, 4) is 0 Å². The average Bonchev–Trinajstić information content (AvgIpc) is 1.93. The van der Waals surface area contributed by atoms with Crippen LogP contribution in [0.2, 0.25) is 0 Å². The van der Waals surface area contributed by atoms with Gasteiger partial charge in [-0.2, -0.15) is 0 Å². The fourth-order valence-electron chi connectivity index (χ4n) is 1.65. The SMILES string of the molecule is CC(F)CC1CCNCC1N. The van der Waals surface area contributed by atoms with Gasteiger partial charge in [-0.15, -0.1) is 0 Å². The zero-order chi connectivity index (χ0) is 8.27. The van der Waals surface area contributed by atoms with Crippen molar-refractivity contribution in [3.05, 3.63) is 0 Å². The normalized spacial score (nSPS) is 35.2. The molecular formula is C8H17FN2. The number of rotatable bonds is 2. The second-order valence-corrected chi connectivity index (χ2v) is 3.43. The molecule has 11 heavy (non-hydrogen) atoms. The lowest BCUT2D eigenvalue weighted by atomic mass is 9.89. The molecule has 0 radical (unpaired) electrons. The van der Waals surface area contributed by atoms with E-state index in [1.807, 2.05) is 0 Å². The fourth-order valence-corrected chi connectivity index (χ4v) is 1.65. The number of halogens is 1. The summed E-state index contributed by atoms with van der Waals surface area (Å²) in [5.74, 6) is 0.385. The van der Waals surface area contributed by atoms with Gasteiger partial charge < -0.3 is 11.1 Å². The Balaban J connectivity index is 2.29. The van der Waals surface area contributed by atoms with Gasteiger partial charge in [-0.05, 0) is 32.2 Å². The van der Waals surface area contributed by atoms with E-state index in [-0.39, 0.29) is 6.04 Å². The van der Waals surface area contributed by atoms with Gasteiger partial charge in [0.25, 0.3) is 0 Å². The largest absolute Gasteiger partial charge is 0.326 e. The quantitative estimate of drug-likeness (QED) is 0.623. The molecule has 3 heteroatoms. The van der Waals surface area contributed by atoms with E-state index in [0.29, 0.717) is 12.3 Å². The van der Waals surface area contributed by atoms with Crippen LogP contribution in [0.3, 0.4) is 0 Å². The first-order valence-electron chi connectivity index (χ1n) is 4.30. The Hall–Kier alpha value is -0.150. The molecular weight excluding hydrogens is 143 g/mol. The number of piperidine rings is 1. The summed E-state index contributed by atoms with van der Waals surface area (Å²) in [4.78, 5) is 0. The zero-order valence-electron chi connectivity index (χ0n) is 7.02. The molecule has 3 N–H and O–H groups in total. The summed E-state index contributed by atoms with van der Waals surface area (Å²) in [6.45, 7) is 3.44. The van der Waals surface area contributed by atoms with Gasteiger partial charge in [0.1, 0.15) is 0 Å². The molecule has 1 aliphatic heterocycles. The first-order valence-corrected chi connectivity index (χ1v) is 4.30. The van der Waals surface area contributed by atoms with Crippen molar-refractivity contribution >= 4 is 0 Å². The third-order valence-electron chi connectivity index (χ3n) is 2.30. The van der Waals surface area contributed by atoms with E-state index in [1.54, 1.807) is 6.92 Å². The second kappa shape index (κ2) is 4.02. The monoisotopic (exact) mass is 160 g/mol. The summed E-state index contributed by atoms with van der Waals surface area (Å²) in [6, 6.07) is 0.155. The minimum Gasteiger partial charge on any atom is -0.326 e. The molecule has 3 atom stereocenters. The van der Waals surface area contributed by atoms with E-state index in [1.165, 1.54) is 0 Å². The molecule has 66 valence electrons. The predicted octanol–water partition coefficient (Wildman–Crippen LogP) is 0.671. The van der Waals surface area contributed by atoms with E-state index < -0.39 is 6.17 Å². The van der Waals surface area contributed by atoms with Crippen LogP contribution in [0.4, 0.5) is 4.39 Å². The highest BCUT2D eigenvalue weighted by Gasteiger charge is 2.22. The van der Waals surface area contributed by atoms with Crippen molar-refractivity contribution in [2.75, 3.05) is 13.1 Å². The predicted molar refractivity (Wildman–Crippen MR) is 44.1 cm³/mol. The Morgan fingerprint density at radius 1 is 1.73 bits per heavy atom. The molecule has 0 aromatic heterocycles. The first kappa shape index (κ1) is 8.94. The molecule has 0 aromatic carbocycles. The van der Waals surface area contributed by atoms with Crippen LogP contribution in [0.5, 0.6) is 0 Å². The third kappa shape index (κ3) is 2.75. The van der Waals surface area contributed by atoms with Gasteiger partial charge in [0.05, 0.1) is 6.17 Å². The molecule has 0 spiro atoms. The molecule has 0 amide bonds. The smallest absolute Gasteiger partial charge is 0.0976 e. The molecule has 0 aromatic rings. The lowest BCUT2D eigenvalue weighted by Crippen LogP contribution is -2.46. The van der Waals surface area contributed by atoms with Crippen molar-refractivity contribution in [1.29, 1.82) is 0 Å². The Kier molecular flexibility index (Phi) is 3.27. The summed E-state index contributed by atoms with van der Waals surface area (Å²) in [6.07, 6.45) is 0.947. The number of alkyl halides is 1. The summed E-state index contributed by atoms with van der Waals surface area (Å²) >= 11 is 0. The van der Waals surface area contributed by atoms with Crippen molar-refractivity contribution in [3.63, 3.8) is 0 Å². The first-order chi connectivity index (χ1) is 5.20. The molecule has 2 nitrogen and oxygen atoms in total. The molecule has 0 aliphatic carbocycles. The van der Waals surface area contributed by atoms with Crippen LogP contribution in [0.25, 0.3) is 0 Å². The fraction of sp³-hybridized carbons (Fsp3) is 1.00. The van der Waals surface area contributed by atoms with Crippen LogP contribution < -0.4 is 11.1 Å². The number of nitrogens with two attached hydrogens (primary N) is 1. The second-order valence-electron chi connectivity index (χ2n) is 3.43. The maximum atomic E-state index is 12.6. The molecule has 0 saturated carbocycles. The summed E-state index contributed by atoms with van der Waals surface area (Å²) in [5, 5.41) is 3.19. The lowest BCUT2D eigenvalue weighted by Gasteiger charge is -2.29. The Morgan fingerprint density at radius 2 is 2.45 bits per heavy atom. The molecule has 1 heterocycles. The van der Waals surface area contributed by atoms with Gasteiger partial charge in [0.2, 0.25) is 0 Å². The minimum absolute atomic E-state index is 0.155. The topological polar surface area (TPSA) is 38.0 Å². The van der Waals surface area contributed by atoms with E-state index in [4.69, 9.17) is 5.73 Å². The van der Waals surface area contributed by atoms with Gasteiger partial charge in [0, 0.05) is 12.6 Å². The van der Waals surface area contributed by atoms with E-state index in [2.05, 4.69) is 5.32 Å². The lowest BCUT2D eigenvalue weighted by molar-refractivity contribution is 0.230. The van der Waals surface area contributed by atoms with Crippen LogP contribution >= 0.6 is 0 Å². The standard InChI is InChI=1S/C8H17FN2/c1-6(9)4-7-2-3-11-5-8(7)10/h6-8,11H,2-5,10H2,1H3. The molecule has 1 aliphatic rings. The van der Waals surface area contributed by atoms with Crippen molar-refractivity contribution in [2.45, 2.75) is 32.0 Å². The van der Waals surface area contributed by atoms with E-state index in [9.17, 15) is 4.39 Å². The third-order valence-corrected chi connectivity index (χ3v) is 2.30. The van der Waals surface area contributed by atoms with E-state index >= 15 is 0 Å². The summed E-state index contributed by atoms with van der Waals surface area (Å²) in [7, 11) is 0. The molecule has 3 unspecified atom stereocenters. The summed E-state index contributed by atoms with van der Waals surface area (Å²) < 4.78 is 12.6. The minimum atomic E-state index is -0.704. The summed E-state index contributed by atoms with van der Waals surface area (Å²) in [5.41, 5.74) is 5.80. The molecule has 1 saturated heterocycles. The highest BCUT2D eigenvalue weighted by molar-refractivity contribution is 4.81. The highest BCUT2D eigenvalue weighted by atomic mass is 19.1. The van der Waals surface area contributed by atoms with Crippen LogP contribution in [-0.2, 0) is 0 Å². The number of nitrogens with one attached hydrogen (secondary N) is 1. The van der Waals surface area contributed by atoms with Crippen molar-refractivity contribution in [2.24, 2.45) is 11.7 Å². The van der Waals surface area contributed by atoms with Gasteiger partial charge in [-0.3, -0.25) is 0 Å². The Morgan fingerprint density at radius 3 is 3.00 bits per heavy atom. The maximum Gasteiger partial charge on any atom is 0.0976 e. The average molecular weight is 160 g/mol. The van der Waals surface area contributed by atoms with Crippen molar-refractivity contribution < 1.29 is 4.39 Å². The highest BCUT2D eigenvalue weighted by Crippen LogP contribution is 2.18. The number of hydrogen-bond donors (Lipinski definition) is 2. The maximum absolute atomic E-state index is 12.6. The van der Waals surface area contributed by atoms with Crippen LogP contribution in [-0.4, -0.2) is 25.3 Å². The molecule has 1 fully saturated rings. The van der Waals surface area contributed by atoms with Gasteiger partial charge in [-0.1, -0.05) is 0 Å². The zero-order valence-corrected chi connectivity index (χ0v) is 7.02. The van der Waals surface area contributed by atoms with Crippen LogP contribution in [0.1, 0.15) is 19.8 Å². The van der Waals surface area contributed by atoms with Crippen LogP contribution in [0.15, 0.2) is 0 Å². The Labute approximate surface area is 67.3 Å². The van der Waals surface area contributed by atoms with Crippen LogP contribution in [0, 0.1) is 5.92 Å². The van der Waals surface area contributed by atoms with Gasteiger partial charge in [0.15, 0.2) is 0 Å². The van der Waals surface area contributed by atoms with E-state index in [0.717, 1.165) is 19.5 Å².